The number of nitrogens with zero attached hydrogens (tertiary/aromatic N) is 2. The van der Waals surface area contributed by atoms with E-state index in [1.807, 2.05) is 6.08 Å². The highest BCUT2D eigenvalue weighted by molar-refractivity contribution is 6.36. The van der Waals surface area contributed by atoms with Crippen molar-refractivity contribution in [2.45, 2.75) is 24.2 Å². The number of halogens is 2. The highest BCUT2D eigenvalue weighted by atomic mass is 35.5. The first-order chi connectivity index (χ1) is 22.5. The van der Waals surface area contributed by atoms with E-state index in [0.29, 0.717) is 33.2 Å². The van der Waals surface area contributed by atoms with Gasteiger partial charge in [0.15, 0.2) is 0 Å². The van der Waals surface area contributed by atoms with Gasteiger partial charge in [0.2, 0.25) is 0 Å². The number of hydrogen-bond donors (Lipinski definition) is 3. The lowest BCUT2D eigenvalue weighted by Crippen LogP contribution is -2.53. The van der Waals surface area contributed by atoms with Gasteiger partial charge in [-0.1, -0.05) is 53.1 Å². The van der Waals surface area contributed by atoms with Crippen LogP contribution >= 0.6 is 23.2 Å². The summed E-state index contributed by atoms with van der Waals surface area (Å²) < 4.78 is 10.7. The topological polar surface area (TPSA) is 146 Å². The third-order valence-electron chi connectivity index (χ3n) is 10.1. The number of phenolic OH excluding ortho intramolecular Hbond substituents is 1. The van der Waals surface area contributed by atoms with Gasteiger partial charge in [-0.2, -0.15) is 10.1 Å². The molecular formula is C34H29Cl2N3O8. The Balaban J connectivity index is 1.49. The van der Waals surface area contributed by atoms with Crippen LogP contribution in [0.4, 0.5) is 5.69 Å². The van der Waals surface area contributed by atoms with Crippen LogP contribution in [0.1, 0.15) is 29.9 Å². The molecule has 3 aromatic rings. The number of phenols is 1. The van der Waals surface area contributed by atoms with Crippen LogP contribution in [0.15, 0.2) is 72.3 Å². The number of hydrogen-bond acceptors (Lipinski definition) is 9. The lowest BCUT2D eigenvalue weighted by atomic mass is 9.49. The van der Waals surface area contributed by atoms with Gasteiger partial charge in [0.25, 0.3) is 23.6 Å². The summed E-state index contributed by atoms with van der Waals surface area (Å²) in [4.78, 5) is 56.0. The molecule has 2 saturated heterocycles. The van der Waals surface area contributed by atoms with Crippen LogP contribution in [0.3, 0.4) is 0 Å². The predicted octanol–water partition coefficient (Wildman–Crippen LogP) is 5.09. The van der Waals surface area contributed by atoms with Crippen LogP contribution in [0.25, 0.3) is 0 Å². The van der Waals surface area contributed by atoms with E-state index in [4.69, 9.17) is 32.7 Å². The molecule has 0 aromatic heterocycles. The zero-order chi connectivity index (χ0) is 33.4. The summed E-state index contributed by atoms with van der Waals surface area (Å²) >= 11 is 12.6. The second-order valence-corrected chi connectivity index (χ2v) is 13.0. The Morgan fingerprint density at radius 2 is 1.57 bits per heavy atom. The third kappa shape index (κ3) is 4.44. The maximum atomic E-state index is 15.1. The van der Waals surface area contributed by atoms with E-state index in [9.17, 15) is 24.7 Å². The largest absolute Gasteiger partial charge is 0.508 e. The van der Waals surface area contributed by atoms with Crippen molar-refractivity contribution < 1.29 is 39.0 Å². The minimum atomic E-state index is -1.64. The molecule has 2 aliphatic carbocycles. The number of imide groups is 2. The molecule has 2 aliphatic heterocycles. The summed E-state index contributed by atoms with van der Waals surface area (Å²) in [5.74, 6) is -6.51. The highest BCUT2D eigenvalue weighted by Crippen LogP contribution is 2.65. The smallest absolute Gasteiger partial charge is 0.260 e. The number of hydrazine groups is 1. The molecule has 4 amide bonds. The average molecular weight is 679 g/mol. The van der Waals surface area contributed by atoms with E-state index >= 15 is 4.79 Å². The molecule has 1 saturated carbocycles. The lowest BCUT2D eigenvalue weighted by molar-refractivity contribution is -0.173. The summed E-state index contributed by atoms with van der Waals surface area (Å²) in [5.41, 5.74) is 2.95. The number of allylic oxidation sites excluding steroid dienone is 2. The van der Waals surface area contributed by atoms with Crippen molar-refractivity contribution in [3.05, 3.63) is 93.5 Å². The summed E-state index contributed by atoms with van der Waals surface area (Å²) in [6.07, 6.45) is 1.95. The van der Waals surface area contributed by atoms with E-state index in [2.05, 4.69) is 5.43 Å². The number of rotatable bonds is 6. The van der Waals surface area contributed by atoms with Crippen LogP contribution in [0.2, 0.25) is 10.0 Å². The van der Waals surface area contributed by atoms with Crippen molar-refractivity contribution in [2.75, 3.05) is 19.6 Å². The molecule has 47 heavy (non-hydrogen) atoms. The van der Waals surface area contributed by atoms with Gasteiger partial charge < -0.3 is 14.6 Å². The Morgan fingerprint density at radius 1 is 0.872 bits per heavy atom. The zero-order valence-electron chi connectivity index (χ0n) is 25.1. The standard InChI is InChI=1S/C34H29Cl2N3O8/c1-46-18-6-3-16(4-7-18)34-24(31(42)38(33(34)44)37-26-12-5-17(35)13-25(26)36)15-23-20(10-11-22-28(23)32(43)39(45)30(22)41)29(34)21-9-8-19(47-2)14-27(21)40/h3-10,12-14,22-24,28-29,37,40,45H,11,15H2,1-2H3/t22-,23+,24-,28-,29+,34+/m0/s1. The summed E-state index contributed by atoms with van der Waals surface area (Å²) in [5, 5.41) is 23.5. The summed E-state index contributed by atoms with van der Waals surface area (Å²) in [6, 6.07) is 16.1. The Bertz CT molecular complexity index is 1880. The van der Waals surface area contributed by atoms with Gasteiger partial charge in [0.05, 0.1) is 48.1 Å². The molecule has 242 valence electrons. The molecule has 0 radical (unpaired) electrons. The number of anilines is 1. The lowest BCUT2D eigenvalue weighted by Gasteiger charge is -2.50. The Labute approximate surface area is 279 Å². The fourth-order valence-corrected chi connectivity index (χ4v) is 8.52. The molecule has 7 rings (SSSR count). The minimum Gasteiger partial charge on any atom is -0.508 e. The number of methoxy groups -OCH3 is 2. The average Bonchev–Trinajstić information content (AvgIpc) is 3.42. The first-order valence-electron chi connectivity index (χ1n) is 14.9. The molecular weight excluding hydrogens is 649 g/mol. The van der Waals surface area contributed by atoms with E-state index in [-0.39, 0.29) is 34.4 Å². The number of fused-ring (bicyclic) bond motifs is 4. The molecule has 3 aromatic carbocycles. The van der Waals surface area contributed by atoms with Crippen molar-refractivity contribution in [3.8, 4) is 17.2 Å². The van der Waals surface area contributed by atoms with Crippen molar-refractivity contribution in [1.29, 1.82) is 0 Å². The van der Waals surface area contributed by atoms with Gasteiger partial charge in [-0.15, -0.1) is 0 Å². The van der Waals surface area contributed by atoms with Gasteiger partial charge in [-0.05, 0) is 60.7 Å². The zero-order valence-corrected chi connectivity index (χ0v) is 26.7. The molecule has 6 atom stereocenters. The SMILES string of the molecule is COc1ccc([C@@]23C(=O)N(Nc4ccc(Cl)cc4Cl)C(=O)[C@@H]2C[C@@H]2C(=CC[C@@H]4C(=O)N(O)C(=O)[C@@H]42)[C@@H]3c2ccc(OC)cc2O)cc1. The van der Waals surface area contributed by atoms with Crippen molar-refractivity contribution >= 4 is 52.5 Å². The second-order valence-electron chi connectivity index (χ2n) is 12.1. The van der Waals surface area contributed by atoms with Crippen LogP contribution in [-0.2, 0) is 24.6 Å². The summed E-state index contributed by atoms with van der Waals surface area (Å²) in [7, 11) is 2.97. The number of carbonyl (C=O) groups excluding carboxylic acids is 4. The van der Waals surface area contributed by atoms with Crippen LogP contribution in [-0.4, -0.2) is 58.2 Å². The van der Waals surface area contributed by atoms with Crippen LogP contribution < -0.4 is 14.9 Å². The summed E-state index contributed by atoms with van der Waals surface area (Å²) in [6.45, 7) is 0. The van der Waals surface area contributed by atoms with Crippen LogP contribution in [0.5, 0.6) is 17.2 Å². The molecule has 0 spiro atoms. The second kappa shape index (κ2) is 11.3. The normalized spacial score (nSPS) is 28.1. The minimum absolute atomic E-state index is 0.0103. The molecule has 11 nitrogen and oxygen atoms in total. The molecule has 0 unspecified atom stereocenters. The number of amides is 4. The highest BCUT2D eigenvalue weighted by Gasteiger charge is 2.70. The number of nitrogens with one attached hydrogen (secondary N) is 1. The quantitative estimate of drug-likeness (QED) is 0.184. The van der Waals surface area contributed by atoms with Gasteiger partial charge in [-0.3, -0.25) is 29.8 Å². The van der Waals surface area contributed by atoms with Gasteiger partial charge in [0, 0.05) is 22.6 Å². The molecule has 3 fully saturated rings. The van der Waals surface area contributed by atoms with E-state index < -0.39 is 58.6 Å². The molecule has 13 heteroatoms. The fourth-order valence-electron chi connectivity index (χ4n) is 8.07. The van der Waals surface area contributed by atoms with Crippen LogP contribution in [0, 0.1) is 23.7 Å². The van der Waals surface area contributed by atoms with E-state index in [0.717, 1.165) is 5.01 Å². The molecule has 2 heterocycles. The van der Waals surface area contributed by atoms with Crippen molar-refractivity contribution in [1.82, 2.24) is 10.1 Å². The van der Waals surface area contributed by atoms with Gasteiger partial charge in [-0.25, -0.2) is 0 Å². The first-order valence-corrected chi connectivity index (χ1v) is 15.7. The predicted molar refractivity (Wildman–Crippen MR) is 169 cm³/mol. The maximum absolute atomic E-state index is 15.1. The fraction of sp³-hybridized carbons (Fsp3) is 0.294. The Hall–Kier alpha value is -4.58. The molecule has 3 N–H and O–H groups in total. The van der Waals surface area contributed by atoms with E-state index in [1.165, 1.54) is 26.4 Å². The monoisotopic (exact) mass is 677 g/mol. The Kier molecular flexibility index (Phi) is 7.46. The molecule has 4 aliphatic rings. The number of ether oxygens (including phenoxy) is 2. The molecule has 0 bridgehead atoms. The van der Waals surface area contributed by atoms with Crippen molar-refractivity contribution in [2.24, 2.45) is 23.7 Å². The number of benzene rings is 3. The van der Waals surface area contributed by atoms with Gasteiger partial charge >= 0.3 is 0 Å². The Morgan fingerprint density at radius 3 is 2.23 bits per heavy atom. The third-order valence-corrected chi connectivity index (χ3v) is 10.7. The number of carbonyl (C=O) groups is 4. The van der Waals surface area contributed by atoms with Gasteiger partial charge in [0.1, 0.15) is 17.2 Å². The number of hydroxylamine groups is 2. The van der Waals surface area contributed by atoms with Crippen molar-refractivity contribution in [3.63, 3.8) is 0 Å². The van der Waals surface area contributed by atoms with E-state index in [1.54, 1.807) is 48.5 Å². The first kappa shape index (κ1) is 31.0. The maximum Gasteiger partial charge on any atom is 0.260 e. The number of aromatic hydroxyl groups is 1.